The van der Waals surface area contributed by atoms with Crippen LogP contribution in [-0.2, 0) is 23.9 Å². The van der Waals surface area contributed by atoms with Crippen LogP contribution < -0.4 is 5.32 Å². The Kier molecular flexibility index (Phi) is 10.5. The smallest absolute Gasteiger partial charge is 0.306 e. The summed E-state index contributed by atoms with van der Waals surface area (Å²) >= 11 is 0. The van der Waals surface area contributed by atoms with E-state index in [9.17, 15) is 14.4 Å². The number of rotatable bonds is 10. The van der Waals surface area contributed by atoms with Crippen molar-refractivity contribution < 1.29 is 23.9 Å². The first kappa shape index (κ1) is 17.4. The fourth-order valence-electron chi connectivity index (χ4n) is 1.44. The zero-order chi connectivity index (χ0) is 14.5. The summed E-state index contributed by atoms with van der Waals surface area (Å²) in [7, 11) is 1.30. The van der Waals surface area contributed by atoms with E-state index in [1.54, 1.807) is 6.92 Å². The Hall–Kier alpha value is -1.59. The van der Waals surface area contributed by atoms with Gasteiger partial charge in [-0.3, -0.25) is 14.4 Å². The number of ether oxygens (including phenoxy) is 2. The van der Waals surface area contributed by atoms with Gasteiger partial charge in [0.25, 0.3) is 0 Å². The number of nitrogens with one attached hydrogen (secondary N) is 1. The van der Waals surface area contributed by atoms with E-state index in [1.807, 2.05) is 0 Å². The fourth-order valence-corrected chi connectivity index (χ4v) is 1.44. The van der Waals surface area contributed by atoms with Crippen molar-refractivity contribution in [2.75, 3.05) is 20.3 Å². The van der Waals surface area contributed by atoms with Gasteiger partial charge in [-0.2, -0.15) is 0 Å². The summed E-state index contributed by atoms with van der Waals surface area (Å²) in [6.45, 7) is 2.75. The molecule has 19 heavy (non-hydrogen) atoms. The molecule has 1 amide bonds. The summed E-state index contributed by atoms with van der Waals surface area (Å²) in [5.41, 5.74) is 0. The first-order valence-electron chi connectivity index (χ1n) is 6.59. The van der Waals surface area contributed by atoms with Gasteiger partial charge in [0.2, 0.25) is 5.91 Å². The summed E-state index contributed by atoms with van der Waals surface area (Å²) in [5.74, 6) is -0.718. The third kappa shape index (κ3) is 11.2. The number of carbonyl (C=O) groups is 3. The second kappa shape index (κ2) is 11.5. The van der Waals surface area contributed by atoms with E-state index in [0.29, 0.717) is 19.6 Å². The molecular weight excluding hydrogens is 250 g/mol. The highest BCUT2D eigenvalue weighted by Gasteiger charge is 2.06. The van der Waals surface area contributed by atoms with Crippen LogP contribution in [0.1, 0.15) is 45.4 Å². The Morgan fingerprint density at radius 3 is 2.32 bits per heavy atom. The molecule has 6 nitrogen and oxygen atoms in total. The van der Waals surface area contributed by atoms with E-state index in [0.717, 1.165) is 19.3 Å². The van der Waals surface area contributed by atoms with Gasteiger partial charge in [0.1, 0.15) is 0 Å². The lowest BCUT2D eigenvalue weighted by molar-refractivity contribution is -0.143. The molecule has 0 aromatic rings. The van der Waals surface area contributed by atoms with Crippen LogP contribution >= 0.6 is 0 Å². The first-order valence-corrected chi connectivity index (χ1v) is 6.59. The number of hydrogen-bond donors (Lipinski definition) is 1. The highest BCUT2D eigenvalue weighted by atomic mass is 16.5. The highest BCUT2D eigenvalue weighted by molar-refractivity contribution is 5.81. The monoisotopic (exact) mass is 273 g/mol. The summed E-state index contributed by atoms with van der Waals surface area (Å²) < 4.78 is 9.24. The number of methoxy groups -OCH3 is 1. The van der Waals surface area contributed by atoms with E-state index in [1.165, 1.54) is 7.11 Å². The van der Waals surface area contributed by atoms with Gasteiger partial charge in [0.15, 0.2) is 0 Å². The molecule has 0 aliphatic heterocycles. The lowest BCUT2D eigenvalue weighted by atomic mass is 10.2. The minimum atomic E-state index is -0.385. The summed E-state index contributed by atoms with van der Waals surface area (Å²) in [6.07, 6.45) is 3.10. The predicted octanol–water partition coefficient (Wildman–Crippen LogP) is 1.18. The van der Waals surface area contributed by atoms with Crippen molar-refractivity contribution in [2.45, 2.75) is 45.4 Å². The highest BCUT2D eigenvalue weighted by Crippen LogP contribution is 2.01. The molecule has 0 saturated heterocycles. The summed E-state index contributed by atoms with van der Waals surface area (Å²) in [5, 5.41) is 2.71. The van der Waals surface area contributed by atoms with Crippen molar-refractivity contribution in [1.82, 2.24) is 5.32 Å². The molecule has 0 radical (unpaired) electrons. The maximum Gasteiger partial charge on any atom is 0.306 e. The number of unbranched alkanes of at least 4 members (excludes halogenated alkanes) is 2. The second-order valence-electron chi connectivity index (χ2n) is 4.04. The average Bonchev–Trinajstić information content (AvgIpc) is 2.40. The standard InChI is InChI=1S/C13H23NO5/c1-3-19-13(17)7-5-4-6-10-14-11(15)8-9-12(16)18-2/h3-10H2,1-2H3,(H,14,15). The Balaban J connectivity index is 3.36. The van der Waals surface area contributed by atoms with Crippen LogP contribution in [0.15, 0.2) is 0 Å². The molecule has 110 valence electrons. The predicted molar refractivity (Wildman–Crippen MR) is 69.4 cm³/mol. The van der Waals surface area contributed by atoms with E-state index in [4.69, 9.17) is 4.74 Å². The van der Waals surface area contributed by atoms with Gasteiger partial charge in [-0.1, -0.05) is 6.42 Å². The van der Waals surface area contributed by atoms with Crippen molar-refractivity contribution in [3.8, 4) is 0 Å². The zero-order valence-electron chi connectivity index (χ0n) is 11.7. The first-order chi connectivity index (χ1) is 9.10. The third-order valence-corrected chi connectivity index (χ3v) is 2.47. The van der Waals surface area contributed by atoms with Gasteiger partial charge in [-0.05, 0) is 19.8 Å². The largest absolute Gasteiger partial charge is 0.469 e. The Morgan fingerprint density at radius 2 is 1.68 bits per heavy atom. The van der Waals surface area contributed by atoms with Crippen LogP contribution in [0, 0.1) is 0 Å². The Bertz CT molecular complexity index is 291. The molecule has 0 aromatic carbocycles. The summed E-state index contributed by atoms with van der Waals surface area (Å²) in [6, 6.07) is 0. The van der Waals surface area contributed by atoms with Gasteiger partial charge in [0, 0.05) is 19.4 Å². The summed E-state index contributed by atoms with van der Waals surface area (Å²) in [4.78, 5) is 33.1. The van der Waals surface area contributed by atoms with E-state index in [-0.39, 0.29) is 30.7 Å². The van der Waals surface area contributed by atoms with Crippen molar-refractivity contribution in [1.29, 1.82) is 0 Å². The molecule has 0 rings (SSSR count). The molecule has 0 bridgehead atoms. The number of carbonyl (C=O) groups excluding carboxylic acids is 3. The van der Waals surface area contributed by atoms with E-state index >= 15 is 0 Å². The van der Waals surface area contributed by atoms with Crippen LogP contribution in [0.3, 0.4) is 0 Å². The molecule has 0 aliphatic carbocycles. The quantitative estimate of drug-likeness (QED) is 0.477. The zero-order valence-corrected chi connectivity index (χ0v) is 11.7. The van der Waals surface area contributed by atoms with Gasteiger partial charge < -0.3 is 14.8 Å². The van der Waals surface area contributed by atoms with Crippen molar-refractivity contribution in [2.24, 2.45) is 0 Å². The van der Waals surface area contributed by atoms with Crippen molar-refractivity contribution in [3.63, 3.8) is 0 Å². The van der Waals surface area contributed by atoms with Crippen molar-refractivity contribution in [3.05, 3.63) is 0 Å². The molecular formula is C13H23NO5. The number of amides is 1. The minimum absolute atomic E-state index is 0.102. The van der Waals surface area contributed by atoms with Gasteiger partial charge in [-0.25, -0.2) is 0 Å². The van der Waals surface area contributed by atoms with E-state index < -0.39 is 0 Å². The topological polar surface area (TPSA) is 81.7 Å². The molecule has 0 spiro atoms. The Labute approximate surface area is 113 Å². The Morgan fingerprint density at radius 1 is 0.947 bits per heavy atom. The van der Waals surface area contributed by atoms with Crippen LogP contribution in [0.25, 0.3) is 0 Å². The van der Waals surface area contributed by atoms with Gasteiger partial charge in [-0.15, -0.1) is 0 Å². The second-order valence-corrected chi connectivity index (χ2v) is 4.04. The van der Waals surface area contributed by atoms with Crippen LogP contribution in [0.5, 0.6) is 0 Å². The number of hydrogen-bond acceptors (Lipinski definition) is 5. The third-order valence-electron chi connectivity index (χ3n) is 2.47. The molecule has 0 fully saturated rings. The van der Waals surface area contributed by atoms with Crippen molar-refractivity contribution >= 4 is 17.8 Å². The van der Waals surface area contributed by atoms with Gasteiger partial charge >= 0.3 is 11.9 Å². The molecule has 0 aliphatic rings. The lowest BCUT2D eigenvalue weighted by Crippen LogP contribution is -2.25. The molecule has 6 heteroatoms. The molecule has 0 unspecified atom stereocenters. The molecule has 1 N–H and O–H groups in total. The van der Waals surface area contributed by atoms with Gasteiger partial charge in [0.05, 0.1) is 20.1 Å². The molecule has 0 heterocycles. The SMILES string of the molecule is CCOC(=O)CCCCCNC(=O)CCC(=O)OC. The van der Waals surface area contributed by atoms with Crippen LogP contribution in [-0.4, -0.2) is 38.1 Å². The van der Waals surface area contributed by atoms with Crippen LogP contribution in [0.2, 0.25) is 0 Å². The average molecular weight is 273 g/mol. The minimum Gasteiger partial charge on any atom is -0.469 e. The fraction of sp³-hybridized carbons (Fsp3) is 0.769. The lowest BCUT2D eigenvalue weighted by Gasteiger charge is -2.05. The van der Waals surface area contributed by atoms with E-state index in [2.05, 4.69) is 10.1 Å². The van der Waals surface area contributed by atoms with Crippen LogP contribution in [0.4, 0.5) is 0 Å². The molecule has 0 aromatic heterocycles. The normalized spacial score (nSPS) is 9.79. The molecule has 0 saturated carbocycles. The number of esters is 2. The molecule has 0 atom stereocenters. The maximum absolute atomic E-state index is 11.3. The maximum atomic E-state index is 11.3.